The molecule has 2 rings (SSSR count). The standard InChI is InChI=1S/C10H10N2O3/c11-9(13)10(4-5-10)7-2-1-3-8(6-7)12(14)15/h1-3,6H,4-5H2,(H2,11,13). The van der Waals surface area contributed by atoms with Crippen LogP contribution in [0.1, 0.15) is 18.4 Å². The van der Waals surface area contributed by atoms with Gasteiger partial charge in [-0.3, -0.25) is 14.9 Å². The molecule has 78 valence electrons. The molecule has 0 aromatic heterocycles. The summed E-state index contributed by atoms with van der Waals surface area (Å²) in [4.78, 5) is 21.3. The second-order valence-corrected chi connectivity index (χ2v) is 3.75. The van der Waals surface area contributed by atoms with Crippen molar-refractivity contribution in [3.8, 4) is 0 Å². The summed E-state index contributed by atoms with van der Waals surface area (Å²) in [5.74, 6) is -0.400. The van der Waals surface area contributed by atoms with Crippen LogP contribution >= 0.6 is 0 Å². The van der Waals surface area contributed by atoms with Gasteiger partial charge < -0.3 is 5.73 Å². The molecule has 1 fully saturated rings. The lowest BCUT2D eigenvalue weighted by atomic mass is 9.95. The van der Waals surface area contributed by atoms with Crippen LogP contribution in [0, 0.1) is 10.1 Å². The molecule has 0 aliphatic heterocycles. The lowest BCUT2D eigenvalue weighted by molar-refractivity contribution is -0.384. The monoisotopic (exact) mass is 206 g/mol. The number of nitrogens with zero attached hydrogens (tertiary/aromatic N) is 1. The quantitative estimate of drug-likeness (QED) is 0.593. The SMILES string of the molecule is NC(=O)C1(c2cccc([N+](=O)[O-])c2)CC1. The molecule has 5 heteroatoms. The Balaban J connectivity index is 2.42. The van der Waals surface area contributed by atoms with Crippen LogP contribution in [0.15, 0.2) is 24.3 Å². The van der Waals surface area contributed by atoms with Gasteiger partial charge in [-0.15, -0.1) is 0 Å². The minimum Gasteiger partial charge on any atom is -0.369 e. The minimum absolute atomic E-state index is 0.0000231. The van der Waals surface area contributed by atoms with Gasteiger partial charge in [0.15, 0.2) is 0 Å². The summed E-state index contributed by atoms with van der Waals surface area (Å²) < 4.78 is 0. The smallest absolute Gasteiger partial charge is 0.269 e. The Morgan fingerprint density at radius 2 is 2.13 bits per heavy atom. The zero-order valence-corrected chi connectivity index (χ0v) is 7.97. The number of hydrogen-bond acceptors (Lipinski definition) is 3. The molecule has 0 atom stereocenters. The fraction of sp³-hybridized carbons (Fsp3) is 0.300. The third-order valence-electron chi connectivity index (χ3n) is 2.83. The van der Waals surface area contributed by atoms with E-state index in [4.69, 9.17) is 5.73 Å². The summed E-state index contributed by atoms with van der Waals surface area (Å²) in [7, 11) is 0. The van der Waals surface area contributed by atoms with Gasteiger partial charge in [-0.25, -0.2) is 0 Å². The van der Waals surface area contributed by atoms with E-state index in [9.17, 15) is 14.9 Å². The molecular formula is C10H10N2O3. The van der Waals surface area contributed by atoms with Gasteiger partial charge in [0.25, 0.3) is 5.69 Å². The first kappa shape index (κ1) is 9.64. The van der Waals surface area contributed by atoms with E-state index >= 15 is 0 Å². The molecule has 0 unspecified atom stereocenters. The van der Waals surface area contributed by atoms with Crippen LogP contribution in [0.4, 0.5) is 5.69 Å². The van der Waals surface area contributed by atoms with Crippen LogP contribution in [-0.4, -0.2) is 10.8 Å². The van der Waals surface area contributed by atoms with Gasteiger partial charge in [-0.2, -0.15) is 0 Å². The largest absolute Gasteiger partial charge is 0.369 e. The second kappa shape index (κ2) is 3.05. The van der Waals surface area contributed by atoms with E-state index in [1.807, 2.05) is 0 Å². The van der Waals surface area contributed by atoms with E-state index in [1.54, 1.807) is 12.1 Å². The second-order valence-electron chi connectivity index (χ2n) is 3.75. The van der Waals surface area contributed by atoms with Crippen molar-refractivity contribution >= 4 is 11.6 Å². The van der Waals surface area contributed by atoms with Crippen LogP contribution in [0.25, 0.3) is 0 Å². The van der Waals surface area contributed by atoms with Crippen molar-refractivity contribution in [2.24, 2.45) is 5.73 Å². The summed E-state index contributed by atoms with van der Waals surface area (Å²) in [5.41, 5.74) is 5.29. The van der Waals surface area contributed by atoms with Crippen molar-refractivity contribution in [1.82, 2.24) is 0 Å². The highest BCUT2D eigenvalue weighted by Gasteiger charge is 2.50. The van der Waals surface area contributed by atoms with Gasteiger partial charge >= 0.3 is 0 Å². The third-order valence-corrected chi connectivity index (χ3v) is 2.83. The third kappa shape index (κ3) is 1.45. The fourth-order valence-electron chi connectivity index (χ4n) is 1.72. The number of nitro groups is 1. The number of carbonyl (C=O) groups excluding carboxylic acids is 1. The number of non-ortho nitro benzene ring substituents is 1. The van der Waals surface area contributed by atoms with Gasteiger partial charge in [-0.05, 0) is 18.4 Å². The maximum atomic E-state index is 11.2. The normalized spacial score (nSPS) is 17.1. The van der Waals surface area contributed by atoms with Gasteiger partial charge in [0.05, 0.1) is 10.3 Å². The molecule has 1 aliphatic rings. The molecule has 1 saturated carbocycles. The molecule has 15 heavy (non-hydrogen) atoms. The summed E-state index contributed by atoms with van der Waals surface area (Å²) in [6.07, 6.45) is 1.37. The Kier molecular flexibility index (Phi) is 1.96. The van der Waals surface area contributed by atoms with Gasteiger partial charge in [-0.1, -0.05) is 12.1 Å². The van der Waals surface area contributed by atoms with Crippen molar-refractivity contribution < 1.29 is 9.72 Å². The molecule has 5 nitrogen and oxygen atoms in total. The Labute approximate surface area is 86.0 Å². The number of benzene rings is 1. The topological polar surface area (TPSA) is 86.2 Å². The van der Waals surface area contributed by atoms with Crippen molar-refractivity contribution in [2.45, 2.75) is 18.3 Å². The molecule has 0 radical (unpaired) electrons. The summed E-state index contributed by atoms with van der Waals surface area (Å²) in [6.45, 7) is 0. The van der Waals surface area contributed by atoms with Crippen LogP contribution < -0.4 is 5.73 Å². The Bertz CT molecular complexity index is 438. The van der Waals surface area contributed by atoms with Crippen LogP contribution in [-0.2, 0) is 10.2 Å². The summed E-state index contributed by atoms with van der Waals surface area (Å²) >= 11 is 0. The highest BCUT2D eigenvalue weighted by molar-refractivity contribution is 5.90. The maximum Gasteiger partial charge on any atom is 0.269 e. The molecule has 0 bridgehead atoms. The predicted octanol–water partition coefficient (Wildman–Crippen LogP) is 1.11. The number of primary amides is 1. The zero-order chi connectivity index (χ0) is 11.1. The van der Waals surface area contributed by atoms with Crippen LogP contribution in [0.5, 0.6) is 0 Å². The molecular weight excluding hydrogens is 196 g/mol. The minimum atomic E-state index is -0.647. The first-order valence-electron chi connectivity index (χ1n) is 4.61. The van der Waals surface area contributed by atoms with Gasteiger partial charge in [0, 0.05) is 12.1 Å². The van der Waals surface area contributed by atoms with E-state index in [0.29, 0.717) is 18.4 Å². The van der Waals surface area contributed by atoms with E-state index in [2.05, 4.69) is 0 Å². The first-order valence-corrected chi connectivity index (χ1v) is 4.61. The lowest BCUT2D eigenvalue weighted by Gasteiger charge is -2.10. The molecule has 1 aromatic carbocycles. The Hall–Kier alpha value is -1.91. The average molecular weight is 206 g/mol. The number of nitrogens with two attached hydrogens (primary N) is 1. The molecule has 1 amide bonds. The number of amides is 1. The Morgan fingerprint density at radius 1 is 1.47 bits per heavy atom. The lowest BCUT2D eigenvalue weighted by Crippen LogP contribution is -2.28. The highest BCUT2D eigenvalue weighted by Crippen LogP contribution is 2.48. The summed E-state index contributed by atoms with van der Waals surface area (Å²) in [5, 5.41) is 10.6. The highest BCUT2D eigenvalue weighted by atomic mass is 16.6. The number of rotatable bonds is 3. The van der Waals surface area contributed by atoms with Gasteiger partial charge in [0.1, 0.15) is 0 Å². The number of hydrogen-bond donors (Lipinski definition) is 1. The van der Waals surface area contributed by atoms with Crippen molar-refractivity contribution in [1.29, 1.82) is 0 Å². The fourth-order valence-corrected chi connectivity index (χ4v) is 1.72. The van der Waals surface area contributed by atoms with E-state index < -0.39 is 16.2 Å². The number of carbonyl (C=O) groups is 1. The Morgan fingerprint density at radius 3 is 2.60 bits per heavy atom. The zero-order valence-electron chi connectivity index (χ0n) is 7.97. The number of nitro benzene ring substituents is 1. The molecule has 0 spiro atoms. The van der Waals surface area contributed by atoms with Crippen molar-refractivity contribution in [3.05, 3.63) is 39.9 Å². The van der Waals surface area contributed by atoms with E-state index in [1.165, 1.54) is 12.1 Å². The van der Waals surface area contributed by atoms with E-state index in [-0.39, 0.29) is 5.69 Å². The van der Waals surface area contributed by atoms with Crippen LogP contribution in [0.3, 0.4) is 0 Å². The van der Waals surface area contributed by atoms with Crippen molar-refractivity contribution in [2.75, 3.05) is 0 Å². The molecule has 2 N–H and O–H groups in total. The molecule has 1 aliphatic carbocycles. The van der Waals surface area contributed by atoms with Crippen LogP contribution in [0.2, 0.25) is 0 Å². The molecule has 0 heterocycles. The van der Waals surface area contributed by atoms with Crippen molar-refractivity contribution in [3.63, 3.8) is 0 Å². The molecule has 0 saturated heterocycles. The predicted molar refractivity (Wildman–Crippen MR) is 53.2 cm³/mol. The molecule has 1 aromatic rings. The first-order chi connectivity index (χ1) is 7.06. The average Bonchev–Trinajstić information content (AvgIpc) is 2.98. The maximum absolute atomic E-state index is 11.2. The van der Waals surface area contributed by atoms with E-state index in [0.717, 1.165) is 0 Å². The summed E-state index contributed by atoms with van der Waals surface area (Å²) in [6, 6.07) is 6.12. The van der Waals surface area contributed by atoms with Gasteiger partial charge in [0.2, 0.25) is 5.91 Å².